The molecule has 1 heterocycles. The molecule has 7 nitrogen and oxygen atoms in total. The van der Waals surface area contributed by atoms with Gasteiger partial charge in [-0.2, -0.15) is 4.98 Å². The van der Waals surface area contributed by atoms with E-state index in [1.165, 1.54) is 13.2 Å². The molecule has 0 aliphatic rings. The molecule has 2 aromatic rings. The van der Waals surface area contributed by atoms with Gasteiger partial charge in [-0.25, -0.2) is 8.42 Å². The molecule has 1 aromatic carbocycles. The first kappa shape index (κ1) is 13.5. The highest BCUT2D eigenvalue weighted by atomic mass is 32.2. The van der Waals surface area contributed by atoms with E-state index < -0.39 is 9.84 Å². The van der Waals surface area contributed by atoms with Crippen LogP contribution in [-0.2, 0) is 16.4 Å². The van der Waals surface area contributed by atoms with Crippen LogP contribution in [0.25, 0.3) is 11.4 Å². The monoisotopic (exact) mass is 283 g/mol. The Morgan fingerprint density at radius 1 is 1.42 bits per heavy atom. The Morgan fingerprint density at radius 3 is 2.68 bits per heavy atom. The summed E-state index contributed by atoms with van der Waals surface area (Å²) in [5, 5.41) is 3.75. The number of hydrogen-bond donors (Lipinski definition) is 1. The SMILES string of the molecule is COc1cc(-c2noc(CN)n2)ccc1S(C)(=O)=O. The van der Waals surface area contributed by atoms with Crippen LogP contribution in [0.2, 0.25) is 0 Å². The quantitative estimate of drug-likeness (QED) is 0.875. The second-order valence-corrected chi connectivity index (χ2v) is 5.84. The summed E-state index contributed by atoms with van der Waals surface area (Å²) in [7, 11) is -1.96. The molecule has 102 valence electrons. The third-order valence-corrected chi connectivity index (χ3v) is 3.60. The molecule has 8 heteroatoms. The molecule has 19 heavy (non-hydrogen) atoms. The molecule has 0 unspecified atom stereocenters. The van der Waals surface area contributed by atoms with Crippen molar-refractivity contribution < 1.29 is 17.7 Å². The van der Waals surface area contributed by atoms with Crippen LogP contribution in [0, 0.1) is 0 Å². The average molecular weight is 283 g/mol. The molecule has 0 saturated heterocycles. The maximum atomic E-state index is 11.6. The highest BCUT2D eigenvalue weighted by molar-refractivity contribution is 7.90. The van der Waals surface area contributed by atoms with Crippen LogP contribution in [0.3, 0.4) is 0 Å². The Hall–Kier alpha value is -1.93. The van der Waals surface area contributed by atoms with Crippen molar-refractivity contribution >= 4 is 9.84 Å². The molecule has 0 amide bonds. The molecule has 0 saturated carbocycles. The number of benzene rings is 1. The first-order chi connectivity index (χ1) is 8.95. The lowest BCUT2D eigenvalue weighted by Crippen LogP contribution is -2.01. The van der Waals surface area contributed by atoms with Gasteiger partial charge in [0.05, 0.1) is 13.7 Å². The maximum absolute atomic E-state index is 11.6. The van der Waals surface area contributed by atoms with E-state index in [-0.39, 0.29) is 17.2 Å². The third kappa shape index (κ3) is 2.74. The van der Waals surface area contributed by atoms with Gasteiger partial charge in [-0.15, -0.1) is 0 Å². The number of rotatable bonds is 4. The molecular weight excluding hydrogens is 270 g/mol. The number of hydrogen-bond acceptors (Lipinski definition) is 7. The highest BCUT2D eigenvalue weighted by Crippen LogP contribution is 2.28. The number of nitrogens with zero attached hydrogens (tertiary/aromatic N) is 2. The fourth-order valence-electron chi connectivity index (χ4n) is 1.57. The Bertz CT molecular complexity index is 694. The summed E-state index contributed by atoms with van der Waals surface area (Å²) in [5.74, 6) is 0.874. The van der Waals surface area contributed by atoms with Crippen molar-refractivity contribution in [3.63, 3.8) is 0 Å². The molecular formula is C11H13N3O4S. The number of ether oxygens (including phenoxy) is 1. The van der Waals surface area contributed by atoms with E-state index in [4.69, 9.17) is 15.0 Å². The first-order valence-electron chi connectivity index (χ1n) is 5.37. The highest BCUT2D eigenvalue weighted by Gasteiger charge is 2.16. The lowest BCUT2D eigenvalue weighted by molar-refractivity contribution is 0.380. The van der Waals surface area contributed by atoms with Crippen LogP contribution in [0.5, 0.6) is 5.75 Å². The molecule has 1 aromatic heterocycles. The van der Waals surface area contributed by atoms with E-state index in [1.807, 2.05) is 0 Å². The van der Waals surface area contributed by atoms with E-state index in [0.29, 0.717) is 17.3 Å². The Labute approximate surface area is 110 Å². The predicted octanol–water partition coefficient (Wildman–Crippen LogP) is 0.607. The van der Waals surface area contributed by atoms with E-state index in [9.17, 15) is 8.42 Å². The Balaban J connectivity index is 2.50. The zero-order valence-electron chi connectivity index (χ0n) is 10.5. The number of sulfone groups is 1. The summed E-state index contributed by atoms with van der Waals surface area (Å²) < 4.78 is 33.1. The smallest absolute Gasteiger partial charge is 0.240 e. The van der Waals surface area contributed by atoms with Gasteiger partial charge in [0.25, 0.3) is 0 Å². The van der Waals surface area contributed by atoms with Crippen LogP contribution in [0.4, 0.5) is 0 Å². The topological polar surface area (TPSA) is 108 Å². The van der Waals surface area contributed by atoms with Gasteiger partial charge in [0.2, 0.25) is 11.7 Å². The normalized spacial score (nSPS) is 11.5. The minimum Gasteiger partial charge on any atom is -0.495 e. The van der Waals surface area contributed by atoms with Crippen molar-refractivity contribution in [1.29, 1.82) is 0 Å². The van der Waals surface area contributed by atoms with E-state index >= 15 is 0 Å². The van der Waals surface area contributed by atoms with Gasteiger partial charge in [0.15, 0.2) is 9.84 Å². The Kier molecular flexibility index (Phi) is 3.54. The molecule has 2 N–H and O–H groups in total. The zero-order chi connectivity index (χ0) is 14.0. The van der Waals surface area contributed by atoms with Gasteiger partial charge in [0.1, 0.15) is 10.6 Å². The molecule has 0 bridgehead atoms. The van der Waals surface area contributed by atoms with Gasteiger partial charge in [0, 0.05) is 11.8 Å². The van der Waals surface area contributed by atoms with E-state index in [2.05, 4.69) is 10.1 Å². The van der Waals surface area contributed by atoms with Crippen LogP contribution in [-0.4, -0.2) is 31.9 Å². The molecule has 0 aliphatic heterocycles. The van der Waals surface area contributed by atoms with Crippen LogP contribution in [0.15, 0.2) is 27.6 Å². The summed E-state index contributed by atoms with van der Waals surface area (Å²) in [6.45, 7) is 0.144. The number of methoxy groups -OCH3 is 1. The summed E-state index contributed by atoms with van der Waals surface area (Å²) in [6.07, 6.45) is 1.12. The molecule has 0 aliphatic carbocycles. The third-order valence-electron chi connectivity index (χ3n) is 2.46. The minimum absolute atomic E-state index is 0.112. The molecule has 0 fully saturated rings. The van der Waals surface area contributed by atoms with Gasteiger partial charge in [-0.05, 0) is 18.2 Å². The zero-order valence-corrected chi connectivity index (χ0v) is 11.3. The molecule has 0 radical (unpaired) electrons. The molecule has 0 atom stereocenters. The Morgan fingerprint density at radius 2 is 2.16 bits per heavy atom. The molecule has 0 spiro atoms. The summed E-state index contributed by atoms with van der Waals surface area (Å²) in [6, 6.07) is 4.58. The number of nitrogens with two attached hydrogens (primary N) is 1. The van der Waals surface area contributed by atoms with Crippen molar-refractivity contribution in [2.75, 3.05) is 13.4 Å². The maximum Gasteiger partial charge on any atom is 0.240 e. The van der Waals surface area contributed by atoms with Crippen molar-refractivity contribution in [3.05, 3.63) is 24.1 Å². The summed E-state index contributed by atoms with van der Waals surface area (Å²) in [4.78, 5) is 4.17. The summed E-state index contributed by atoms with van der Waals surface area (Å²) >= 11 is 0. The molecule has 2 rings (SSSR count). The van der Waals surface area contributed by atoms with Crippen molar-refractivity contribution in [2.24, 2.45) is 5.73 Å². The van der Waals surface area contributed by atoms with Crippen LogP contribution in [0.1, 0.15) is 5.89 Å². The van der Waals surface area contributed by atoms with E-state index in [1.54, 1.807) is 12.1 Å². The minimum atomic E-state index is -3.35. The van der Waals surface area contributed by atoms with Gasteiger partial charge >= 0.3 is 0 Å². The van der Waals surface area contributed by atoms with Gasteiger partial charge < -0.3 is 15.0 Å². The fraction of sp³-hybridized carbons (Fsp3) is 0.273. The predicted molar refractivity (Wildman–Crippen MR) is 67.3 cm³/mol. The van der Waals surface area contributed by atoms with E-state index in [0.717, 1.165) is 6.26 Å². The lowest BCUT2D eigenvalue weighted by Gasteiger charge is -2.07. The van der Waals surface area contributed by atoms with Crippen LogP contribution >= 0.6 is 0 Å². The lowest BCUT2D eigenvalue weighted by atomic mass is 10.2. The second-order valence-electron chi connectivity index (χ2n) is 3.85. The number of aromatic nitrogens is 2. The van der Waals surface area contributed by atoms with Crippen molar-refractivity contribution in [1.82, 2.24) is 10.1 Å². The summed E-state index contributed by atoms with van der Waals surface area (Å²) in [5.41, 5.74) is 5.97. The van der Waals surface area contributed by atoms with Crippen molar-refractivity contribution in [2.45, 2.75) is 11.4 Å². The van der Waals surface area contributed by atoms with Gasteiger partial charge in [-0.1, -0.05) is 5.16 Å². The van der Waals surface area contributed by atoms with Crippen LogP contribution < -0.4 is 10.5 Å². The average Bonchev–Trinajstić information content (AvgIpc) is 2.85. The standard InChI is InChI=1S/C11H13N3O4S/c1-17-8-5-7(3-4-9(8)19(2,15)16)11-13-10(6-12)18-14-11/h3-5H,6,12H2,1-2H3. The van der Waals surface area contributed by atoms with Crippen molar-refractivity contribution in [3.8, 4) is 17.1 Å². The second kappa shape index (κ2) is 4.98. The first-order valence-corrected chi connectivity index (χ1v) is 7.26. The van der Waals surface area contributed by atoms with Gasteiger partial charge in [-0.3, -0.25) is 0 Å². The fourth-order valence-corrected chi connectivity index (χ4v) is 2.39. The largest absolute Gasteiger partial charge is 0.495 e.